The molecule has 0 bridgehead atoms. The maximum atomic E-state index is 12.9. The molecular formula is C13H19FN2O4S. The van der Waals surface area contributed by atoms with Crippen molar-refractivity contribution in [2.45, 2.75) is 6.54 Å². The van der Waals surface area contributed by atoms with E-state index in [0.29, 0.717) is 31.1 Å². The third-order valence-electron chi connectivity index (χ3n) is 3.46. The largest absolute Gasteiger partial charge is 0.497 e. The number of methoxy groups -OCH3 is 2. The lowest BCUT2D eigenvalue weighted by Gasteiger charge is -2.32. The summed E-state index contributed by atoms with van der Waals surface area (Å²) in [6.45, 7) is 1.94. The minimum Gasteiger partial charge on any atom is -0.497 e. The van der Waals surface area contributed by atoms with Gasteiger partial charge in [0.2, 0.25) is 0 Å². The normalized spacial score (nSPS) is 17.7. The topological polar surface area (TPSA) is 59.1 Å². The number of rotatable bonds is 5. The van der Waals surface area contributed by atoms with Gasteiger partial charge in [0.1, 0.15) is 11.5 Å². The van der Waals surface area contributed by atoms with Gasteiger partial charge in [-0.25, -0.2) is 0 Å². The molecule has 1 aromatic rings. The average molecular weight is 318 g/mol. The molecule has 0 aliphatic carbocycles. The van der Waals surface area contributed by atoms with Crippen molar-refractivity contribution in [1.82, 2.24) is 9.21 Å². The van der Waals surface area contributed by atoms with Gasteiger partial charge in [0.25, 0.3) is 0 Å². The minimum absolute atomic E-state index is 0.167. The first kappa shape index (κ1) is 16.0. The summed E-state index contributed by atoms with van der Waals surface area (Å²) in [5.74, 6) is 1.41. The van der Waals surface area contributed by atoms with Gasteiger partial charge in [-0.2, -0.15) is 12.7 Å². The Kier molecular flexibility index (Phi) is 5.02. The van der Waals surface area contributed by atoms with Crippen LogP contribution in [-0.4, -0.2) is 58.0 Å². The molecular weight excluding hydrogens is 299 g/mol. The van der Waals surface area contributed by atoms with E-state index in [1.165, 1.54) is 0 Å². The molecule has 0 spiro atoms. The number of nitrogens with zero attached hydrogens (tertiary/aromatic N) is 2. The Labute approximate surface area is 124 Å². The summed E-state index contributed by atoms with van der Waals surface area (Å²) in [5.41, 5.74) is 1.00. The van der Waals surface area contributed by atoms with E-state index in [2.05, 4.69) is 4.90 Å². The SMILES string of the molecule is COc1cc(CN2CCN(S(=O)(=O)F)CC2)cc(OC)c1. The molecule has 1 aromatic carbocycles. The molecule has 1 heterocycles. The van der Waals surface area contributed by atoms with Crippen molar-refractivity contribution >= 4 is 10.4 Å². The van der Waals surface area contributed by atoms with Crippen LogP contribution in [0.3, 0.4) is 0 Å². The standard InChI is InChI=1S/C13H19FN2O4S/c1-19-12-7-11(8-13(9-12)20-2)10-15-3-5-16(6-4-15)21(14,17)18/h7-9H,3-6,10H2,1-2H3. The molecule has 0 aromatic heterocycles. The van der Waals surface area contributed by atoms with Crippen LogP contribution in [-0.2, 0) is 17.0 Å². The fraction of sp³-hybridized carbons (Fsp3) is 0.538. The van der Waals surface area contributed by atoms with Gasteiger partial charge in [0.05, 0.1) is 14.2 Å². The van der Waals surface area contributed by atoms with Crippen LogP contribution in [0.5, 0.6) is 11.5 Å². The molecule has 0 atom stereocenters. The highest BCUT2D eigenvalue weighted by Gasteiger charge is 2.26. The van der Waals surface area contributed by atoms with Crippen molar-refractivity contribution in [3.63, 3.8) is 0 Å². The fourth-order valence-electron chi connectivity index (χ4n) is 2.32. The number of halogens is 1. The molecule has 8 heteroatoms. The Morgan fingerprint density at radius 1 is 1.05 bits per heavy atom. The minimum atomic E-state index is -4.58. The number of ether oxygens (including phenoxy) is 2. The van der Waals surface area contributed by atoms with Crippen LogP contribution in [0.25, 0.3) is 0 Å². The monoisotopic (exact) mass is 318 g/mol. The zero-order valence-corrected chi connectivity index (χ0v) is 12.9. The van der Waals surface area contributed by atoms with E-state index in [0.717, 1.165) is 9.87 Å². The van der Waals surface area contributed by atoms with Crippen LogP contribution in [0.2, 0.25) is 0 Å². The van der Waals surface area contributed by atoms with E-state index >= 15 is 0 Å². The fourth-order valence-corrected chi connectivity index (χ4v) is 2.92. The van der Waals surface area contributed by atoms with E-state index in [9.17, 15) is 12.3 Å². The smallest absolute Gasteiger partial charge is 0.374 e. The highest BCUT2D eigenvalue weighted by Crippen LogP contribution is 2.23. The third kappa shape index (κ3) is 4.29. The van der Waals surface area contributed by atoms with Crippen molar-refractivity contribution in [2.24, 2.45) is 0 Å². The maximum Gasteiger partial charge on any atom is 0.374 e. The van der Waals surface area contributed by atoms with E-state index in [1.807, 2.05) is 12.1 Å². The predicted molar refractivity (Wildman–Crippen MR) is 76.4 cm³/mol. The molecule has 2 rings (SSSR count). The highest BCUT2D eigenvalue weighted by atomic mass is 32.3. The van der Waals surface area contributed by atoms with Crippen LogP contribution in [0.4, 0.5) is 3.89 Å². The first-order chi connectivity index (χ1) is 9.92. The molecule has 0 radical (unpaired) electrons. The zero-order valence-electron chi connectivity index (χ0n) is 12.1. The zero-order chi connectivity index (χ0) is 15.5. The van der Waals surface area contributed by atoms with Gasteiger partial charge in [-0.15, -0.1) is 0 Å². The first-order valence-electron chi connectivity index (χ1n) is 6.56. The van der Waals surface area contributed by atoms with Crippen LogP contribution in [0, 0.1) is 0 Å². The Bertz CT molecular complexity index is 564. The second kappa shape index (κ2) is 6.59. The maximum absolute atomic E-state index is 12.9. The molecule has 1 fully saturated rings. The summed E-state index contributed by atoms with van der Waals surface area (Å²) in [7, 11) is -1.40. The van der Waals surface area contributed by atoms with Crippen LogP contribution < -0.4 is 9.47 Å². The predicted octanol–water partition coefficient (Wildman–Crippen LogP) is 1.04. The second-order valence-corrected chi connectivity index (χ2v) is 6.18. The molecule has 0 saturated carbocycles. The van der Waals surface area contributed by atoms with E-state index in [-0.39, 0.29) is 13.1 Å². The van der Waals surface area contributed by atoms with Gasteiger partial charge in [-0.05, 0) is 17.7 Å². The first-order valence-corrected chi connectivity index (χ1v) is 7.90. The van der Waals surface area contributed by atoms with Crippen molar-refractivity contribution in [2.75, 3.05) is 40.4 Å². The summed E-state index contributed by atoms with van der Waals surface area (Å²) in [6, 6.07) is 5.60. The van der Waals surface area contributed by atoms with Gasteiger partial charge in [0.15, 0.2) is 0 Å². The molecule has 6 nitrogen and oxygen atoms in total. The summed E-state index contributed by atoms with van der Waals surface area (Å²) in [5, 5.41) is 0. The van der Waals surface area contributed by atoms with E-state index in [4.69, 9.17) is 9.47 Å². The van der Waals surface area contributed by atoms with Gasteiger partial charge in [0, 0.05) is 38.8 Å². The Morgan fingerprint density at radius 2 is 1.57 bits per heavy atom. The average Bonchev–Trinajstić information content (AvgIpc) is 2.46. The van der Waals surface area contributed by atoms with Gasteiger partial charge in [-0.1, -0.05) is 3.89 Å². The molecule has 1 saturated heterocycles. The number of benzene rings is 1. The summed E-state index contributed by atoms with van der Waals surface area (Å²) in [4.78, 5) is 2.07. The molecule has 118 valence electrons. The number of piperazine rings is 1. The van der Waals surface area contributed by atoms with Gasteiger partial charge >= 0.3 is 10.4 Å². The molecule has 0 amide bonds. The van der Waals surface area contributed by atoms with Gasteiger partial charge in [-0.3, -0.25) is 4.90 Å². The summed E-state index contributed by atoms with van der Waals surface area (Å²) in [6.07, 6.45) is 0. The molecule has 0 N–H and O–H groups in total. The van der Waals surface area contributed by atoms with Gasteiger partial charge < -0.3 is 9.47 Å². The van der Waals surface area contributed by atoms with Crippen molar-refractivity contribution in [1.29, 1.82) is 0 Å². The van der Waals surface area contributed by atoms with Crippen LogP contribution in [0.1, 0.15) is 5.56 Å². The molecule has 1 aliphatic heterocycles. The quantitative estimate of drug-likeness (QED) is 0.759. The lowest BCUT2D eigenvalue weighted by Crippen LogP contribution is -2.47. The Hall–Kier alpha value is -1.38. The van der Waals surface area contributed by atoms with Crippen LogP contribution in [0.15, 0.2) is 18.2 Å². The van der Waals surface area contributed by atoms with Crippen molar-refractivity contribution in [3.05, 3.63) is 23.8 Å². The lowest BCUT2D eigenvalue weighted by atomic mass is 10.1. The molecule has 1 aliphatic rings. The molecule has 21 heavy (non-hydrogen) atoms. The van der Waals surface area contributed by atoms with Crippen molar-refractivity contribution < 1.29 is 21.8 Å². The van der Waals surface area contributed by atoms with E-state index in [1.54, 1.807) is 20.3 Å². The van der Waals surface area contributed by atoms with Crippen LogP contribution >= 0.6 is 0 Å². The second-order valence-electron chi connectivity index (χ2n) is 4.84. The summed E-state index contributed by atoms with van der Waals surface area (Å²) >= 11 is 0. The summed E-state index contributed by atoms with van der Waals surface area (Å²) < 4.78 is 45.8. The third-order valence-corrected chi connectivity index (χ3v) is 4.44. The number of hydrogen-bond acceptors (Lipinski definition) is 5. The van der Waals surface area contributed by atoms with E-state index < -0.39 is 10.4 Å². The Morgan fingerprint density at radius 3 is 2.00 bits per heavy atom. The van der Waals surface area contributed by atoms with Crippen molar-refractivity contribution in [3.8, 4) is 11.5 Å². The lowest BCUT2D eigenvalue weighted by molar-refractivity contribution is 0.177. The highest BCUT2D eigenvalue weighted by molar-refractivity contribution is 7.83. The number of hydrogen-bond donors (Lipinski definition) is 0. The Balaban J connectivity index is 2.00. The molecule has 0 unspecified atom stereocenters.